The molecule has 1 aliphatic heterocycles. The van der Waals surface area contributed by atoms with E-state index in [4.69, 9.17) is 21.0 Å². The number of hydrogen-bond acceptors (Lipinski definition) is 5. The second kappa shape index (κ2) is 4.74. The lowest BCUT2D eigenvalue weighted by atomic mass is 9.95. The van der Waals surface area contributed by atoms with Crippen molar-refractivity contribution in [3.05, 3.63) is 45.6 Å². The minimum atomic E-state index is -1.42. The number of epoxide rings is 1. The van der Waals surface area contributed by atoms with Crippen LogP contribution in [0.2, 0.25) is 0 Å². The molecule has 6 heteroatoms. The van der Waals surface area contributed by atoms with Crippen molar-refractivity contribution in [1.82, 2.24) is 0 Å². The molecule has 2 atom stereocenters. The molecular formula is C13H7BrN4O. The summed E-state index contributed by atoms with van der Waals surface area (Å²) in [5, 5.41) is 26.9. The van der Waals surface area contributed by atoms with Gasteiger partial charge in [-0.3, -0.25) is 0 Å². The molecule has 5 nitrogen and oxygen atoms in total. The third kappa shape index (κ3) is 2.06. The molecule has 1 heterocycles. The first-order chi connectivity index (χ1) is 9.08. The van der Waals surface area contributed by atoms with E-state index in [-0.39, 0.29) is 11.3 Å². The van der Waals surface area contributed by atoms with Crippen LogP contribution < -0.4 is 5.73 Å². The number of nitrogens with two attached hydrogens (primary N) is 1. The van der Waals surface area contributed by atoms with Crippen LogP contribution in [-0.4, -0.2) is 5.60 Å². The predicted molar refractivity (Wildman–Crippen MR) is 68.8 cm³/mol. The quantitative estimate of drug-likeness (QED) is 0.663. The zero-order valence-electron chi connectivity index (χ0n) is 9.59. The molecule has 0 aliphatic carbocycles. The minimum Gasteiger partial charge on any atom is -0.397 e. The highest BCUT2D eigenvalue weighted by Crippen LogP contribution is 2.53. The third-order valence-electron chi connectivity index (χ3n) is 2.83. The Morgan fingerprint density at radius 2 is 2.00 bits per heavy atom. The van der Waals surface area contributed by atoms with Gasteiger partial charge in [0.1, 0.15) is 24.3 Å². The summed E-state index contributed by atoms with van der Waals surface area (Å²) in [7, 11) is 0. The Morgan fingerprint density at radius 3 is 2.53 bits per heavy atom. The number of hydrogen-bond donors (Lipinski definition) is 1. The first kappa shape index (κ1) is 13.1. The lowest BCUT2D eigenvalue weighted by Crippen LogP contribution is -2.22. The van der Waals surface area contributed by atoms with Crippen molar-refractivity contribution in [1.29, 1.82) is 15.8 Å². The molecule has 1 aromatic rings. The van der Waals surface area contributed by atoms with Crippen molar-refractivity contribution < 1.29 is 4.74 Å². The standard InChI is InChI=1S/C13H7BrN4O/c14-10-3-1-2-8(4-10)12-13(7-17,19-12)11(18)9(5-15)6-16/h1-4,12H,18H2/t12-,13+/m1/s1. The van der Waals surface area contributed by atoms with Crippen LogP contribution in [0, 0.1) is 34.0 Å². The van der Waals surface area contributed by atoms with Crippen LogP contribution in [-0.2, 0) is 4.74 Å². The first-order valence-corrected chi connectivity index (χ1v) is 6.03. The van der Waals surface area contributed by atoms with E-state index in [0.717, 1.165) is 10.0 Å². The Kier molecular flexibility index (Phi) is 3.27. The van der Waals surface area contributed by atoms with Gasteiger partial charge in [-0.1, -0.05) is 28.1 Å². The maximum atomic E-state index is 9.25. The summed E-state index contributed by atoms with van der Waals surface area (Å²) >= 11 is 3.32. The van der Waals surface area contributed by atoms with Gasteiger partial charge in [0.25, 0.3) is 0 Å². The third-order valence-corrected chi connectivity index (χ3v) is 3.32. The molecule has 0 radical (unpaired) electrons. The number of halogens is 1. The highest BCUT2D eigenvalue weighted by molar-refractivity contribution is 9.10. The summed E-state index contributed by atoms with van der Waals surface area (Å²) in [6, 6.07) is 12.5. The number of benzene rings is 1. The van der Waals surface area contributed by atoms with Crippen molar-refractivity contribution in [2.75, 3.05) is 0 Å². The van der Waals surface area contributed by atoms with Crippen LogP contribution in [0.1, 0.15) is 11.7 Å². The van der Waals surface area contributed by atoms with Gasteiger partial charge >= 0.3 is 0 Å². The van der Waals surface area contributed by atoms with Gasteiger partial charge in [0.05, 0.1) is 5.70 Å². The lowest BCUT2D eigenvalue weighted by Gasteiger charge is -2.04. The highest BCUT2D eigenvalue weighted by atomic mass is 79.9. The number of rotatable bonds is 2. The van der Waals surface area contributed by atoms with E-state index in [1.54, 1.807) is 30.3 Å². The Hall–Kier alpha value is -2.33. The van der Waals surface area contributed by atoms with Crippen LogP contribution in [0.5, 0.6) is 0 Å². The molecule has 0 spiro atoms. The normalized spacial score (nSPS) is 23.6. The predicted octanol–water partition coefficient (Wildman–Crippen LogP) is 2.04. The van der Waals surface area contributed by atoms with Gasteiger partial charge in [0, 0.05) is 4.47 Å². The molecule has 2 N–H and O–H groups in total. The average Bonchev–Trinajstić information content (AvgIpc) is 3.16. The van der Waals surface area contributed by atoms with Crippen molar-refractivity contribution in [3.63, 3.8) is 0 Å². The number of allylic oxidation sites excluding steroid dienone is 1. The highest BCUT2D eigenvalue weighted by Gasteiger charge is 2.61. The first-order valence-electron chi connectivity index (χ1n) is 5.24. The monoisotopic (exact) mass is 314 g/mol. The molecular weight excluding hydrogens is 308 g/mol. The molecule has 0 amide bonds. The van der Waals surface area contributed by atoms with Crippen LogP contribution >= 0.6 is 15.9 Å². The van der Waals surface area contributed by atoms with Crippen molar-refractivity contribution in [2.45, 2.75) is 11.7 Å². The van der Waals surface area contributed by atoms with Gasteiger partial charge in [-0.25, -0.2) is 0 Å². The van der Waals surface area contributed by atoms with Gasteiger partial charge in [0.2, 0.25) is 5.60 Å². The second-order valence-corrected chi connectivity index (χ2v) is 4.83. The van der Waals surface area contributed by atoms with Gasteiger partial charge in [-0.05, 0) is 17.7 Å². The average molecular weight is 315 g/mol. The maximum Gasteiger partial charge on any atom is 0.227 e. The molecule has 1 aliphatic rings. The molecule has 1 saturated heterocycles. The minimum absolute atomic E-state index is 0.134. The zero-order valence-corrected chi connectivity index (χ0v) is 11.2. The van der Waals surface area contributed by atoms with E-state index in [1.807, 2.05) is 12.1 Å². The Balaban J connectivity index is 2.43. The fraction of sp³-hybridized carbons (Fsp3) is 0.154. The largest absolute Gasteiger partial charge is 0.397 e. The van der Waals surface area contributed by atoms with E-state index >= 15 is 0 Å². The van der Waals surface area contributed by atoms with Crippen molar-refractivity contribution >= 4 is 15.9 Å². The topological polar surface area (TPSA) is 110 Å². The lowest BCUT2D eigenvalue weighted by molar-refractivity contribution is 0.356. The van der Waals surface area contributed by atoms with Gasteiger partial charge < -0.3 is 10.5 Å². The summed E-state index contributed by atoms with van der Waals surface area (Å²) in [6.07, 6.45) is -0.563. The van der Waals surface area contributed by atoms with Gasteiger partial charge in [0.15, 0.2) is 5.57 Å². The molecule has 19 heavy (non-hydrogen) atoms. The Bertz CT molecular complexity index is 676. The number of nitriles is 3. The molecule has 0 bridgehead atoms. The summed E-state index contributed by atoms with van der Waals surface area (Å²) in [6.45, 7) is 0. The van der Waals surface area contributed by atoms with E-state index in [9.17, 15) is 5.26 Å². The van der Waals surface area contributed by atoms with Crippen LogP contribution in [0.4, 0.5) is 0 Å². The van der Waals surface area contributed by atoms with E-state index in [2.05, 4.69) is 15.9 Å². The Labute approximate surface area is 118 Å². The second-order valence-electron chi connectivity index (χ2n) is 3.91. The number of nitrogens with zero attached hydrogens (tertiary/aromatic N) is 3. The van der Waals surface area contributed by atoms with E-state index in [0.29, 0.717) is 0 Å². The molecule has 92 valence electrons. The van der Waals surface area contributed by atoms with Gasteiger partial charge in [-0.15, -0.1) is 0 Å². The molecule has 1 aromatic carbocycles. The zero-order chi connectivity index (χ0) is 14.0. The summed E-state index contributed by atoms with van der Waals surface area (Å²) in [5.41, 5.74) is 4.65. The molecule has 0 saturated carbocycles. The Morgan fingerprint density at radius 1 is 1.32 bits per heavy atom. The fourth-order valence-corrected chi connectivity index (χ4v) is 2.22. The maximum absolute atomic E-state index is 9.25. The van der Waals surface area contributed by atoms with Crippen LogP contribution in [0.15, 0.2) is 40.0 Å². The van der Waals surface area contributed by atoms with Gasteiger partial charge in [-0.2, -0.15) is 15.8 Å². The van der Waals surface area contributed by atoms with E-state index < -0.39 is 11.7 Å². The number of ether oxygens (including phenoxy) is 1. The molecule has 0 aromatic heterocycles. The van der Waals surface area contributed by atoms with Crippen molar-refractivity contribution in [2.24, 2.45) is 5.73 Å². The SMILES string of the molecule is N#CC(C#N)=C(N)[C@]1(C#N)O[C@@H]1c1cccc(Br)c1. The van der Waals surface area contributed by atoms with Crippen LogP contribution in [0.3, 0.4) is 0 Å². The summed E-state index contributed by atoms with van der Waals surface area (Å²) < 4.78 is 6.22. The van der Waals surface area contributed by atoms with Crippen molar-refractivity contribution in [3.8, 4) is 18.2 Å². The molecule has 2 rings (SSSR count). The summed E-state index contributed by atoms with van der Waals surface area (Å²) in [5.74, 6) is 0. The summed E-state index contributed by atoms with van der Waals surface area (Å²) in [4.78, 5) is 0. The molecule has 1 fully saturated rings. The molecule has 0 unspecified atom stereocenters. The van der Waals surface area contributed by atoms with Crippen LogP contribution in [0.25, 0.3) is 0 Å². The van der Waals surface area contributed by atoms with E-state index in [1.165, 1.54) is 0 Å². The smallest absolute Gasteiger partial charge is 0.227 e. The fourth-order valence-electron chi connectivity index (χ4n) is 1.81.